The fourth-order valence-corrected chi connectivity index (χ4v) is 2.71. The smallest absolute Gasteiger partial charge is 0.321 e. The predicted molar refractivity (Wildman–Crippen MR) is 102 cm³/mol. The van der Waals surface area contributed by atoms with Crippen LogP contribution >= 0.6 is 0 Å². The lowest BCUT2D eigenvalue weighted by Gasteiger charge is -2.16. The first-order chi connectivity index (χ1) is 13.0. The highest BCUT2D eigenvalue weighted by atomic mass is 19.1. The van der Waals surface area contributed by atoms with Gasteiger partial charge in [-0.25, -0.2) is 9.18 Å². The van der Waals surface area contributed by atoms with Crippen LogP contribution in [0.5, 0.6) is 0 Å². The first kappa shape index (κ1) is 18.6. The average Bonchev–Trinajstić information content (AvgIpc) is 3.31. The average molecular weight is 370 g/mol. The number of amides is 2. The molecule has 8 heteroatoms. The van der Waals surface area contributed by atoms with Crippen molar-refractivity contribution < 1.29 is 9.18 Å². The van der Waals surface area contributed by atoms with E-state index in [2.05, 4.69) is 20.6 Å². The van der Waals surface area contributed by atoms with E-state index in [1.165, 1.54) is 12.1 Å². The number of carbonyl (C=O) groups excluding carboxylic acids is 1. The number of H-pyrrole nitrogens is 1. The van der Waals surface area contributed by atoms with Crippen molar-refractivity contribution in [3.05, 3.63) is 54.2 Å². The van der Waals surface area contributed by atoms with Crippen LogP contribution in [0.25, 0.3) is 11.3 Å². The van der Waals surface area contributed by atoms with Crippen LogP contribution < -0.4 is 5.32 Å². The van der Waals surface area contributed by atoms with E-state index >= 15 is 0 Å². The highest BCUT2D eigenvalue weighted by molar-refractivity contribution is 5.88. The van der Waals surface area contributed by atoms with Crippen molar-refractivity contribution in [2.24, 2.45) is 0 Å². The Morgan fingerprint density at radius 1 is 1.37 bits per heavy atom. The Morgan fingerprint density at radius 2 is 2.22 bits per heavy atom. The number of anilines is 1. The van der Waals surface area contributed by atoms with Gasteiger partial charge in [-0.1, -0.05) is 12.1 Å². The quantitative estimate of drug-likeness (QED) is 0.668. The molecule has 0 aliphatic carbocycles. The molecular formula is C19H23FN6O. The monoisotopic (exact) mass is 370 g/mol. The second kappa shape index (κ2) is 8.48. The number of nitrogens with zero attached hydrogens (tertiary/aromatic N) is 4. The molecule has 27 heavy (non-hydrogen) atoms. The molecule has 0 aliphatic rings. The molecular weight excluding hydrogens is 347 g/mol. The number of hydrogen-bond donors (Lipinski definition) is 2. The van der Waals surface area contributed by atoms with Gasteiger partial charge < -0.3 is 10.2 Å². The Hall–Kier alpha value is -3.16. The van der Waals surface area contributed by atoms with E-state index in [0.29, 0.717) is 17.9 Å². The summed E-state index contributed by atoms with van der Waals surface area (Å²) in [6.07, 6.45) is 4.95. The lowest BCUT2D eigenvalue weighted by Crippen LogP contribution is -2.32. The van der Waals surface area contributed by atoms with Crippen molar-refractivity contribution in [2.45, 2.75) is 26.3 Å². The Bertz CT molecular complexity index is 903. The third-order valence-corrected chi connectivity index (χ3v) is 4.25. The summed E-state index contributed by atoms with van der Waals surface area (Å²) in [7, 11) is 1.75. The summed E-state index contributed by atoms with van der Waals surface area (Å²) in [6, 6.07) is 8.09. The van der Waals surface area contributed by atoms with Crippen LogP contribution in [-0.4, -0.2) is 44.5 Å². The van der Waals surface area contributed by atoms with E-state index < -0.39 is 0 Å². The summed E-state index contributed by atoms with van der Waals surface area (Å²) >= 11 is 0. The molecule has 2 heterocycles. The summed E-state index contributed by atoms with van der Waals surface area (Å²) < 4.78 is 15.1. The van der Waals surface area contributed by atoms with E-state index in [9.17, 15) is 9.18 Å². The van der Waals surface area contributed by atoms with Gasteiger partial charge in [0.2, 0.25) is 0 Å². The minimum atomic E-state index is -0.283. The van der Waals surface area contributed by atoms with Crippen LogP contribution in [0.15, 0.2) is 42.7 Å². The van der Waals surface area contributed by atoms with Gasteiger partial charge in [0.05, 0.1) is 17.6 Å². The predicted octanol–water partition coefficient (Wildman–Crippen LogP) is 3.53. The van der Waals surface area contributed by atoms with Crippen LogP contribution in [0.4, 0.5) is 14.9 Å². The third-order valence-electron chi connectivity index (χ3n) is 4.25. The largest absolute Gasteiger partial charge is 0.328 e. The number of nitrogens with one attached hydrogen (secondary N) is 2. The van der Waals surface area contributed by atoms with Gasteiger partial charge in [0.25, 0.3) is 0 Å². The maximum absolute atomic E-state index is 13.3. The maximum Gasteiger partial charge on any atom is 0.321 e. The van der Waals surface area contributed by atoms with Gasteiger partial charge in [-0.2, -0.15) is 10.2 Å². The van der Waals surface area contributed by atoms with Gasteiger partial charge in [0, 0.05) is 37.6 Å². The second-order valence-corrected chi connectivity index (χ2v) is 6.33. The van der Waals surface area contributed by atoms with Crippen LogP contribution in [0, 0.1) is 5.82 Å². The highest BCUT2D eigenvalue weighted by Crippen LogP contribution is 2.19. The summed E-state index contributed by atoms with van der Waals surface area (Å²) in [5.41, 5.74) is 3.08. The first-order valence-corrected chi connectivity index (χ1v) is 8.90. The van der Waals surface area contributed by atoms with Crippen molar-refractivity contribution in [1.29, 1.82) is 0 Å². The molecule has 0 saturated carbocycles. The molecule has 0 spiro atoms. The zero-order valence-corrected chi connectivity index (χ0v) is 15.4. The fraction of sp³-hybridized carbons (Fsp3) is 0.316. The summed E-state index contributed by atoms with van der Waals surface area (Å²) in [6.45, 7) is 3.34. The number of aryl methyl sites for hydroxylation is 2. The zero-order chi connectivity index (χ0) is 19.2. The van der Waals surface area contributed by atoms with E-state index in [4.69, 9.17) is 0 Å². The Balaban J connectivity index is 1.47. The minimum Gasteiger partial charge on any atom is -0.328 e. The van der Waals surface area contributed by atoms with Gasteiger partial charge in [0.1, 0.15) is 5.82 Å². The van der Waals surface area contributed by atoms with Gasteiger partial charge in [-0.05, 0) is 38.0 Å². The van der Waals surface area contributed by atoms with Gasteiger partial charge in [-0.3, -0.25) is 9.78 Å². The number of rotatable bonds is 7. The number of carbonyl (C=O) groups is 1. The number of aromatic nitrogens is 4. The number of benzene rings is 1. The third kappa shape index (κ3) is 4.93. The van der Waals surface area contributed by atoms with Crippen LogP contribution in [0.2, 0.25) is 0 Å². The Morgan fingerprint density at radius 3 is 2.96 bits per heavy atom. The SMILES string of the molecule is CCn1cc(NC(=O)N(C)CCCc2cc(-c3cccc(F)c3)n[nH]2)cn1. The molecule has 1 aromatic carbocycles. The molecule has 0 atom stereocenters. The normalized spacial score (nSPS) is 10.8. The molecule has 142 valence electrons. The molecule has 0 bridgehead atoms. The number of hydrogen-bond acceptors (Lipinski definition) is 3. The molecule has 0 aliphatic heterocycles. The van der Waals surface area contributed by atoms with Gasteiger partial charge in [-0.15, -0.1) is 0 Å². The number of aromatic amines is 1. The highest BCUT2D eigenvalue weighted by Gasteiger charge is 2.10. The van der Waals surface area contributed by atoms with Crippen molar-refractivity contribution in [1.82, 2.24) is 24.9 Å². The summed E-state index contributed by atoms with van der Waals surface area (Å²) in [5, 5.41) is 14.2. The lowest BCUT2D eigenvalue weighted by molar-refractivity contribution is 0.222. The van der Waals surface area contributed by atoms with E-state index in [0.717, 1.165) is 30.6 Å². The topological polar surface area (TPSA) is 78.8 Å². The maximum atomic E-state index is 13.3. The summed E-state index contributed by atoms with van der Waals surface area (Å²) in [4.78, 5) is 13.8. The molecule has 0 unspecified atom stereocenters. The standard InChI is InChI=1S/C19H23FN6O/c1-3-26-13-17(12-21-26)22-19(27)25(2)9-5-8-16-11-18(24-23-16)14-6-4-7-15(20)10-14/h4,6-7,10-13H,3,5,8-9H2,1-2H3,(H,22,27)(H,23,24). The molecule has 2 amide bonds. The second-order valence-electron chi connectivity index (χ2n) is 6.33. The van der Waals surface area contributed by atoms with Crippen molar-refractivity contribution >= 4 is 11.7 Å². The Labute approximate surface area is 157 Å². The molecule has 2 N–H and O–H groups in total. The van der Waals surface area contributed by atoms with E-state index in [1.807, 2.05) is 19.1 Å². The lowest BCUT2D eigenvalue weighted by atomic mass is 10.1. The summed E-state index contributed by atoms with van der Waals surface area (Å²) in [5.74, 6) is -0.283. The molecule has 2 aromatic heterocycles. The molecule has 0 fully saturated rings. The van der Waals surface area contributed by atoms with E-state index in [-0.39, 0.29) is 11.8 Å². The molecule has 0 radical (unpaired) electrons. The minimum absolute atomic E-state index is 0.171. The van der Waals surface area contributed by atoms with Crippen molar-refractivity contribution in [3.63, 3.8) is 0 Å². The van der Waals surface area contributed by atoms with Gasteiger partial charge >= 0.3 is 6.03 Å². The molecule has 7 nitrogen and oxygen atoms in total. The Kier molecular flexibility index (Phi) is 5.85. The van der Waals surface area contributed by atoms with Crippen LogP contribution in [0.3, 0.4) is 0 Å². The van der Waals surface area contributed by atoms with Crippen LogP contribution in [-0.2, 0) is 13.0 Å². The van der Waals surface area contributed by atoms with Crippen LogP contribution in [0.1, 0.15) is 19.0 Å². The number of urea groups is 1. The molecule has 3 rings (SSSR count). The molecule has 0 saturated heterocycles. The number of halogens is 1. The van der Waals surface area contributed by atoms with Crippen molar-refractivity contribution in [2.75, 3.05) is 18.9 Å². The van der Waals surface area contributed by atoms with Crippen molar-refractivity contribution in [3.8, 4) is 11.3 Å². The zero-order valence-electron chi connectivity index (χ0n) is 15.4. The van der Waals surface area contributed by atoms with Gasteiger partial charge in [0.15, 0.2) is 0 Å². The molecule has 3 aromatic rings. The fourth-order valence-electron chi connectivity index (χ4n) is 2.71. The first-order valence-electron chi connectivity index (χ1n) is 8.90. The van der Waals surface area contributed by atoms with E-state index in [1.54, 1.807) is 35.1 Å².